The molecule has 0 spiro atoms. The summed E-state index contributed by atoms with van der Waals surface area (Å²) < 4.78 is 6.86. The van der Waals surface area contributed by atoms with Gasteiger partial charge >= 0.3 is 0 Å². The Bertz CT molecular complexity index is 2750. The largest absolute Gasteiger partial charge is 0.454 e. The summed E-state index contributed by atoms with van der Waals surface area (Å²) in [4.78, 5) is 7.58. The number of furan rings is 1. The van der Waals surface area contributed by atoms with Crippen molar-refractivity contribution in [1.29, 1.82) is 0 Å². The fourth-order valence-corrected chi connectivity index (χ4v) is 7.69. The molecule has 0 radical (unpaired) electrons. The zero-order valence-corrected chi connectivity index (χ0v) is 27.8. The molecule has 1 aromatic heterocycles. The topological polar surface area (TPSA) is 28.7 Å². The summed E-state index contributed by atoms with van der Waals surface area (Å²) in [5.74, 6) is 0. The fraction of sp³-hybridized carbons (Fsp3) is 0.0208. The van der Waals surface area contributed by atoms with Crippen molar-refractivity contribution in [2.45, 2.75) is 6.42 Å². The van der Waals surface area contributed by atoms with E-state index in [1.54, 1.807) is 0 Å². The number of rotatable bonds is 6. The van der Waals surface area contributed by atoms with Crippen molar-refractivity contribution in [3.05, 3.63) is 193 Å². The maximum absolute atomic E-state index is 6.86. The van der Waals surface area contributed by atoms with E-state index in [4.69, 9.17) is 9.41 Å². The summed E-state index contributed by atoms with van der Waals surface area (Å²) in [6.07, 6.45) is 0.807. The highest BCUT2D eigenvalue weighted by atomic mass is 16.3. The molecule has 8 aromatic carbocycles. The van der Waals surface area contributed by atoms with Crippen LogP contribution in [0.15, 0.2) is 191 Å². The highest BCUT2D eigenvalue weighted by molar-refractivity contribution is 6.19. The van der Waals surface area contributed by atoms with Gasteiger partial charge in [-0.2, -0.15) is 0 Å². The summed E-state index contributed by atoms with van der Waals surface area (Å²) in [5, 5.41) is 4.49. The molecule has 1 aliphatic rings. The standard InChI is InChI=1S/C48H32N2O/c1-4-13-32(14-5-1)33-23-26-37(27-24-33)50(43-29-28-38(34-15-6-2-7-16-34)39-19-10-11-20-40(39)43)44-22-12-21-41-46-45(51-48(41)44)30-25-36-31-42(49-47(36)46)35-17-8-3-9-18-35/h1-30H,31H2. The molecule has 0 amide bonds. The van der Waals surface area contributed by atoms with Crippen LogP contribution in [-0.4, -0.2) is 5.71 Å². The Morgan fingerprint density at radius 2 is 1.08 bits per heavy atom. The average molecular weight is 653 g/mol. The molecule has 1 aliphatic heterocycles. The first-order chi connectivity index (χ1) is 25.3. The first-order valence-corrected chi connectivity index (χ1v) is 17.4. The molecule has 240 valence electrons. The quantitative estimate of drug-likeness (QED) is 0.179. The minimum Gasteiger partial charge on any atom is -0.454 e. The number of benzene rings is 8. The lowest BCUT2D eigenvalue weighted by Crippen LogP contribution is -2.11. The molecule has 10 rings (SSSR count). The van der Waals surface area contributed by atoms with Crippen LogP contribution in [0.5, 0.6) is 0 Å². The van der Waals surface area contributed by atoms with E-state index >= 15 is 0 Å². The monoisotopic (exact) mass is 652 g/mol. The molecular formula is C48H32N2O. The highest BCUT2D eigenvalue weighted by Crippen LogP contribution is 2.48. The lowest BCUT2D eigenvalue weighted by Gasteiger charge is -2.27. The van der Waals surface area contributed by atoms with Crippen LogP contribution >= 0.6 is 0 Å². The van der Waals surface area contributed by atoms with E-state index in [0.29, 0.717) is 0 Å². The van der Waals surface area contributed by atoms with Crippen LogP contribution < -0.4 is 4.90 Å². The number of para-hydroxylation sites is 1. The van der Waals surface area contributed by atoms with E-state index in [0.717, 1.165) is 67.8 Å². The lowest BCUT2D eigenvalue weighted by molar-refractivity contribution is 0.669. The van der Waals surface area contributed by atoms with E-state index in [1.165, 1.54) is 33.2 Å². The number of anilines is 3. The third-order valence-corrected chi connectivity index (χ3v) is 10.1. The molecule has 0 N–H and O–H groups in total. The molecule has 3 heteroatoms. The summed E-state index contributed by atoms with van der Waals surface area (Å²) in [6.45, 7) is 0. The highest BCUT2D eigenvalue weighted by Gasteiger charge is 2.25. The predicted molar refractivity (Wildman–Crippen MR) is 213 cm³/mol. The molecule has 0 fully saturated rings. The summed E-state index contributed by atoms with van der Waals surface area (Å²) >= 11 is 0. The maximum Gasteiger partial charge on any atom is 0.159 e. The molecule has 0 unspecified atom stereocenters. The number of aliphatic imine (C=N–C) groups is 1. The van der Waals surface area contributed by atoms with Gasteiger partial charge in [0.15, 0.2) is 5.58 Å². The predicted octanol–water partition coefficient (Wildman–Crippen LogP) is 13.2. The molecule has 0 atom stereocenters. The Hall–Kier alpha value is -6.71. The van der Waals surface area contributed by atoms with Crippen LogP contribution in [0.1, 0.15) is 11.1 Å². The van der Waals surface area contributed by atoms with Gasteiger partial charge in [0.2, 0.25) is 0 Å². The van der Waals surface area contributed by atoms with Crippen molar-refractivity contribution >= 4 is 61.2 Å². The van der Waals surface area contributed by atoms with Crippen molar-refractivity contribution in [1.82, 2.24) is 0 Å². The molecule has 51 heavy (non-hydrogen) atoms. The molecule has 0 saturated heterocycles. The molecule has 0 saturated carbocycles. The first kappa shape index (κ1) is 29.2. The lowest BCUT2D eigenvalue weighted by atomic mass is 9.96. The Morgan fingerprint density at radius 3 is 1.82 bits per heavy atom. The maximum atomic E-state index is 6.86. The third-order valence-electron chi connectivity index (χ3n) is 10.1. The average Bonchev–Trinajstić information content (AvgIpc) is 3.82. The Labute approximate surface area is 296 Å². The van der Waals surface area contributed by atoms with E-state index in [1.807, 2.05) is 0 Å². The Kier molecular flexibility index (Phi) is 6.88. The minimum atomic E-state index is 0.807. The van der Waals surface area contributed by atoms with Gasteiger partial charge in [-0.1, -0.05) is 152 Å². The van der Waals surface area contributed by atoms with Gasteiger partial charge in [-0.05, 0) is 69.1 Å². The van der Waals surface area contributed by atoms with E-state index < -0.39 is 0 Å². The molecule has 0 aliphatic carbocycles. The number of fused-ring (bicyclic) bond motifs is 6. The second-order valence-corrected chi connectivity index (χ2v) is 13.1. The summed E-state index contributed by atoms with van der Waals surface area (Å²) in [6, 6.07) is 64.5. The Balaban J connectivity index is 1.20. The van der Waals surface area contributed by atoms with Crippen LogP contribution in [-0.2, 0) is 6.42 Å². The van der Waals surface area contributed by atoms with Crippen molar-refractivity contribution in [3.8, 4) is 22.3 Å². The third kappa shape index (κ3) is 4.94. The van der Waals surface area contributed by atoms with Crippen LogP contribution in [0.25, 0.3) is 55.0 Å². The van der Waals surface area contributed by atoms with Gasteiger partial charge in [0.1, 0.15) is 5.58 Å². The number of nitrogens with zero attached hydrogens (tertiary/aromatic N) is 2. The van der Waals surface area contributed by atoms with Crippen molar-refractivity contribution in [3.63, 3.8) is 0 Å². The molecular weight excluding hydrogens is 621 g/mol. The molecule has 0 bridgehead atoms. The van der Waals surface area contributed by atoms with Gasteiger partial charge in [0.25, 0.3) is 0 Å². The van der Waals surface area contributed by atoms with E-state index in [-0.39, 0.29) is 0 Å². The van der Waals surface area contributed by atoms with Gasteiger partial charge in [0.05, 0.1) is 28.2 Å². The zero-order chi connectivity index (χ0) is 33.7. The van der Waals surface area contributed by atoms with E-state index in [9.17, 15) is 0 Å². The minimum absolute atomic E-state index is 0.807. The number of hydrogen-bond donors (Lipinski definition) is 0. The normalized spacial score (nSPS) is 12.4. The summed E-state index contributed by atoms with van der Waals surface area (Å²) in [7, 11) is 0. The van der Waals surface area contributed by atoms with Crippen LogP contribution in [0.3, 0.4) is 0 Å². The second-order valence-electron chi connectivity index (χ2n) is 13.1. The molecule has 9 aromatic rings. The van der Waals surface area contributed by atoms with Gasteiger partial charge in [-0.3, -0.25) is 4.99 Å². The van der Waals surface area contributed by atoms with Gasteiger partial charge < -0.3 is 9.32 Å². The van der Waals surface area contributed by atoms with Crippen molar-refractivity contribution < 1.29 is 4.42 Å². The zero-order valence-electron chi connectivity index (χ0n) is 27.8. The van der Waals surface area contributed by atoms with Gasteiger partial charge in [-0.15, -0.1) is 0 Å². The van der Waals surface area contributed by atoms with Gasteiger partial charge in [0, 0.05) is 22.9 Å². The molecule has 2 heterocycles. The van der Waals surface area contributed by atoms with E-state index in [2.05, 4.69) is 187 Å². The van der Waals surface area contributed by atoms with Crippen LogP contribution in [0, 0.1) is 0 Å². The Morgan fingerprint density at radius 1 is 0.451 bits per heavy atom. The second kappa shape index (κ2) is 12.0. The van der Waals surface area contributed by atoms with Gasteiger partial charge in [-0.25, -0.2) is 0 Å². The fourth-order valence-electron chi connectivity index (χ4n) is 7.69. The van der Waals surface area contributed by atoms with Crippen LogP contribution in [0.2, 0.25) is 0 Å². The van der Waals surface area contributed by atoms with Crippen molar-refractivity contribution in [2.24, 2.45) is 4.99 Å². The van der Waals surface area contributed by atoms with Crippen LogP contribution in [0.4, 0.5) is 22.7 Å². The SMILES string of the molecule is c1ccc(C2=Nc3c(ccc4oc5c(N(c6ccc(-c7ccccc7)cc6)c6ccc(-c7ccccc7)c7ccccc67)cccc5c34)C2)cc1. The van der Waals surface area contributed by atoms with Crippen molar-refractivity contribution in [2.75, 3.05) is 4.90 Å². The number of hydrogen-bond acceptors (Lipinski definition) is 3. The molecule has 3 nitrogen and oxygen atoms in total. The first-order valence-electron chi connectivity index (χ1n) is 17.4. The summed E-state index contributed by atoms with van der Waals surface area (Å²) in [5.41, 5.74) is 14.1. The smallest absolute Gasteiger partial charge is 0.159 e.